The van der Waals surface area contributed by atoms with Crippen LogP contribution in [-0.4, -0.2) is 58.4 Å². The van der Waals surface area contributed by atoms with Gasteiger partial charge in [0.05, 0.1) is 31.4 Å². The first kappa shape index (κ1) is 19.0. The summed E-state index contributed by atoms with van der Waals surface area (Å²) in [5, 5.41) is 11.4. The Kier molecular flexibility index (Phi) is 4.84. The van der Waals surface area contributed by atoms with E-state index in [-0.39, 0.29) is 18.6 Å². The van der Waals surface area contributed by atoms with Gasteiger partial charge in [-0.25, -0.2) is 4.98 Å². The molecule has 4 heterocycles. The minimum absolute atomic E-state index is 0.0439. The molecule has 1 saturated heterocycles. The standard InChI is InChI=1S/C23H23N3O4/c1-29-21-5-4-14(11-25-21)9-15-10-17-18(22-16(15)3-2-7-24-22)12-26(23(17)28)19-6-8-30-13-20(19)27/h2-5,7,10-11,19-20,27H,6,8-9,12-13H2,1H3. The molecule has 2 aliphatic heterocycles. The molecule has 2 atom stereocenters. The minimum atomic E-state index is -0.666. The van der Waals surface area contributed by atoms with Gasteiger partial charge < -0.3 is 19.5 Å². The van der Waals surface area contributed by atoms with Gasteiger partial charge in [-0.05, 0) is 36.1 Å². The summed E-state index contributed by atoms with van der Waals surface area (Å²) < 4.78 is 10.5. The van der Waals surface area contributed by atoms with Crippen LogP contribution in [0.25, 0.3) is 10.9 Å². The highest BCUT2D eigenvalue weighted by Gasteiger charge is 2.39. The van der Waals surface area contributed by atoms with Crippen molar-refractivity contribution < 1.29 is 19.4 Å². The van der Waals surface area contributed by atoms with Crippen LogP contribution in [0.3, 0.4) is 0 Å². The lowest BCUT2D eigenvalue weighted by molar-refractivity contribution is -0.0571. The number of amides is 1. The van der Waals surface area contributed by atoms with Crippen LogP contribution >= 0.6 is 0 Å². The molecule has 2 aliphatic rings. The van der Waals surface area contributed by atoms with Crippen LogP contribution in [0.1, 0.15) is 33.5 Å². The SMILES string of the molecule is COc1ccc(Cc2cc3c(c4ncccc24)CN(C2CCOCC2O)C3=O)cn1. The van der Waals surface area contributed by atoms with Crippen LogP contribution in [0.15, 0.2) is 42.7 Å². The number of hydrogen-bond acceptors (Lipinski definition) is 6. The molecule has 30 heavy (non-hydrogen) atoms. The second-order valence-electron chi connectivity index (χ2n) is 7.78. The highest BCUT2D eigenvalue weighted by atomic mass is 16.5. The van der Waals surface area contributed by atoms with E-state index in [1.54, 1.807) is 24.4 Å². The third kappa shape index (κ3) is 3.20. The van der Waals surface area contributed by atoms with Crippen LogP contribution < -0.4 is 4.74 Å². The van der Waals surface area contributed by atoms with Gasteiger partial charge in [0.2, 0.25) is 5.88 Å². The fourth-order valence-electron chi connectivity index (χ4n) is 4.46. The summed E-state index contributed by atoms with van der Waals surface area (Å²) in [6.07, 6.45) is 4.16. The smallest absolute Gasteiger partial charge is 0.254 e. The van der Waals surface area contributed by atoms with E-state index in [0.29, 0.717) is 37.4 Å². The Bertz CT molecular complexity index is 1100. The zero-order valence-electron chi connectivity index (χ0n) is 16.7. The highest BCUT2D eigenvalue weighted by molar-refractivity contribution is 6.04. The summed E-state index contributed by atoms with van der Waals surface area (Å²) in [6, 6.07) is 9.53. The van der Waals surface area contributed by atoms with E-state index in [1.807, 2.05) is 30.3 Å². The lowest BCUT2D eigenvalue weighted by Gasteiger charge is -2.34. The van der Waals surface area contributed by atoms with Crippen molar-refractivity contribution in [3.63, 3.8) is 0 Å². The van der Waals surface area contributed by atoms with E-state index in [1.165, 1.54) is 0 Å². The summed E-state index contributed by atoms with van der Waals surface area (Å²) in [5.74, 6) is 0.526. The number of carbonyl (C=O) groups excluding carboxylic acids is 1. The molecule has 154 valence electrons. The number of aromatic nitrogens is 2. The van der Waals surface area contributed by atoms with Crippen molar-refractivity contribution in [3.8, 4) is 5.88 Å². The van der Waals surface area contributed by atoms with E-state index >= 15 is 0 Å². The number of hydrogen-bond donors (Lipinski definition) is 1. The molecular weight excluding hydrogens is 382 g/mol. The number of rotatable bonds is 4. The van der Waals surface area contributed by atoms with Crippen molar-refractivity contribution in [2.75, 3.05) is 20.3 Å². The Labute approximate surface area is 174 Å². The van der Waals surface area contributed by atoms with Gasteiger partial charge in [-0.2, -0.15) is 0 Å². The molecule has 0 bridgehead atoms. The second-order valence-corrected chi connectivity index (χ2v) is 7.78. The molecule has 1 fully saturated rings. The number of aliphatic hydroxyl groups is 1. The molecule has 2 aromatic heterocycles. The Morgan fingerprint density at radius 2 is 2.20 bits per heavy atom. The number of benzene rings is 1. The number of methoxy groups -OCH3 is 1. The summed E-state index contributed by atoms with van der Waals surface area (Å²) >= 11 is 0. The van der Waals surface area contributed by atoms with Crippen LogP contribution in [-0.2, 0) is 17.7 Å². The zero-order valence-corrected chi connectivity index (χ0v) is 16.7. The Balaban J connectivity index is 1.54. The first-order valence-electron chi connectivity index (χ1n) is 10.1. The second kappa shape index (κ2) is 7.66. The third-order valence-corrected chi connectivity index (χ3v) is 6.00. The summed E-state index contributed by atoms with van der Waals surface area (Å²) in [7, 11) is 1.59. The topological polar surface area (TPSA) is 84.8 Å². The largest absolute Gasteiger partial charge is 0.481 e. The Morgan fingerprint density at radius 3 is 2.97 bits per heavy atom. The van der Waals surface area contributed by atoms with E-state index in [0.717, 1.165) is 27.6 Å². The molecule has 3 aromatic rings. The minimum Gasteiger partial charge on any atom is -0.481 e. The van der Waals surface area contributed by atoms with Crippen LogP contribution in [0, 0.1) is 0 Å². The molecule has 7 heteroatoms. The van der Waals surface area contributed by atoms with Crippen molar-refractivity contribution in [1.29, 1.82) is 0 Å². The molecule has 1 amide bonds. The monoisotopic (exact) mass is 405 g/mol. The van der Waals surface area contributed by atoms with Gasteiger partial charge in [-0.3, -0.25) is 9.78 Å². The van der Waals surface area contributed by atoms with Gasteiger partial charge >= 0.3 is 0 Å². The van der Waals surface area contributed by atoms with Gasteiger partial charge in [0.25, 0.3) is 5.91 Å². The van der Waals surface area contributed by atoms with E-state index < -0.39 is 6.10 Å². The normalized spacial score (nSPS) is 21.1. The van der Waals surface area contributed by atoms with Crippen molar-refractivity contribution in [3.05, 3.63) is 65.0 Å². The average Bonchev–Trinajstić information content (AvgIpc) is 3.11. The van der Waals surface area contributed by atoms with Crippen molar-refractivity contribution in [1.82, 2.24) is 14.9 Å². The quantitative estimate of drug-likeness (QED) is 0.717. The molecule has 2 unspecified atom stereocenters. The summed E-state index contributed by atoms with van der Waals surface area (Å²) in [4.78, 5) is 24.0. The van der Waals surface area contributed by atoms with Crippen molar-refractivity contribution >= 4 is 16.8 Å². The molecule has 0 aliphatic carbocycles. The van der Waals surface area contributed by atoms with E-state index in [4.69, 9.17) is 9.47 Å². The molecule has 7 nitrogen and oxygen atoms in total. The number of ether oxygens (including phenoxy) is 2. The lowest BCUT2D eigenvalue weighted by Crippen LogP contribution is -2.49. The number of aliphatic hydroxyl groups excluding tert-OH is 1. The first-order valence-corrected chi connectivity index (χ1v) is 10.1. The fraction of sp³-hybridized carbons (Fsp3) is 0.348. The third-order valence-electron chi connectivity index (χ3n) is 6.00. The lowest BCUT2D eigenvalue weighted by atomic mass is 9.95. The maximum absolute atomic E-state index is 13.3. The molecule has 1 N–H and O–H groups in total. The van der Waals surface area contributed by atoms with Gasteiger partial charge in [0.1, 0.15) is 0 Å². The van der Waals surface area contributed by atoms with Gasteiger partial charge in [-0.1, -0.05) is 12.1 Å². The van der Waals surface area contributed by atoms with Gasteiger partial charge in [0, 0.05) is 48.1 Å². The summed E-state index contributed by atoms with van der Waals surface area (Å²) in [5.41, 5.74) is 4.53. The maximum Gasteiger partial charge on any atom is 0.254 e. The van der Waals surface area contributed by atoms with Crippen LogP contribution in [0.2, 0.25) is 0 Å². The molecule has 5 rings (SSSR count). The number of carbonyl (C=O) groups is 1. The molecule has 1 aromatic carbocycles. The number of fused-ring (bicyclic) bond motifs is 3. The number of nitrogens with zero attached hydrogens (tertiary/aromatic N) is 3. The highest BCUT2D eigenvalue weighted by Crippen LogP contribution is 2.35. The first-order chi connectivity index (χ1) is 14.7. The van der Waals surface area contributed by atoms with Crippen molar-refractivity contribution in [2.24, 2.45) is 0 Å². The molecule has 0 radical (unpaired) electrons. The van der Waals surface area contributed by atoms with Gasteiger partial charge in [0.15, 0.2) is 0 Å². The molecule has 0 spiro atoms. The fourth-order valence-corrected chi connectivity index (χ4v) is 4.46. The predicted octanol–water partition coefficient (Wildman–Crippen LogP) is 2.33. The average molecular weight is 405 g/mol. The maximum atomic E-state index is 13.3. The molecular formula is C23H23N3O4. The number of pyridine rings is 2. The van der Waals surface area contributed by atoms with Gasteiger partial charge in [-0.15, -0.1) is 0 Å². The summed E-state index contributed by atoms with van der Waals surface area (Å²) in [6.45, 7) is 1.28. The van der Waals surface area contributed by atoms with Crippen molar-refractivity contribution in [2.45, 2.75) is 31.5 Å². The predicted molar refractivity (Wildman–Crippen MR) is 110 cm³/mol. The molecule has 0 saturated carbocycles. The zero-order chi connectivity index (χ0) is 20.7. The van der Waals surface area contributed by atoms with Crippen LogP contribution in [0.5, 0.6) is 5.88 Å². The van der Waals surface area contributed by atoms with E-state index in [9.17, 15) is 9.90 Å². The van der Waals surface area contributed by atoms with Crippen LogP contribution in [0.4, 0.5) is 0 Å². The van der Waals surface area contributed by atoms with E-state index in [2.05, 4.69) is 9.97 Å². The Hall–Kier alpha value is -3.03. The Morgan fingerprint density at radius 1 is 1.30 bits per heavy atom.